The van der Waals surface area contributed by atoms with E-state index in [9.17, 15) is 90.9 Å². The summed E-state index contributed by atoms with van der Waals surface area (Å²) in [7, 11) is -21.2. The molecule has 0 radical (unpaired) electrons. The van der Waals surface area contributed by atoms with Gasteiger partial charge in [-0.2, -0.15) is 16.8 Å². The number of nitrogens with one attached hydrogen (secondary N) is 2. The highest BCUT2D eigenvalue weighted by Crippen LogP contribution is 2.48. The lowest BCUT2D eigenvalue weighted by molar-refractivity contribution is -0.177. The van der Waals surface area contributed by atoms with Crippen molar-refractivity contribution in [3.63, 3.8) is 0 Å². The fourth-order valence-corrected chi connectivity index (χ4v) is 16.2. The molecule has 0 aromatic heterocycles. The van der Waals surface area contributed by atoms with Gasteiger partial charge < -0.3 is 60.1 Å². The molecule has 564 valence electrons. The van der Waals surface area contributed by atoms with Crippen LogP contribution in [0.15, 0.2) is 210 Å². The molecule has 30 nitrogen and oxygen atoms in total. The second kappa shape index (κ2) is 29.7. The van der Waals surface area contributed by atoms with E-state index in [2.05, 4.69) is 34.3 Å². The summed E-state index contributed by atoms with van der Waals surface area (Å²) in [4.78, 5) is 78.8. The Kier molecular flexibility index (Phi) is 20.3. The lowest BCUT2D eigenvalue weighted by atomic mass is 9.89. The highest BCUT2D eigenvalue weighted by molar-refractivity contribution is 7.87. The Labute approximate surface area is 634 Å². The van der Waals surface area contributed by atoms with Crippen molar-refractivity contribution in [2.24, 2.45) is 0 Å². The van der Waals surface area contributed by atoms with E-state index in [1.54, 1.807) is 46.2 Å². The van der Waals surface area contributed by atoms with Gasteiger partial charge in [-0.1, -0.05) is 90.4 Å². The molecule has 14 rings (SSSR count). The van der Waals surface area contributed by atoms with Crippen molar-refractivity contribution in [2.45, 2.75) is 45.5 Å². The molecular formula is C78H56N8O22S4. The van der Waals surface area contributed by atoms with Gasteiger partial charge >= 0.3 is 32.2 Å². The molecule has 0 saturated carbocycles. The Morgan fingerprint density at radius 1 is 0.446 bits per heavy atom. The van der Waals surface area contributed by atoms with E-state index < -0.39 is 140 Å². The summed E-state index contributed by atoms with van der Waals surface area (Å²) in [5, 5.41) is 36.3. The number of carboxylic acid groups (broad SMARTS) is 2. The third kappa shape index (κ3) is 14.9. The second-order valence-corrected chi connectivity index (χ2v) is 30.6. The zero-order valence-corrected chi connectivity index (χ0v) is 60.8. The van der Waals surface area contributed by atoms with E-state index in [-0.39, 0.29) is 106 Å². The minimum atomic E-state index is -5.42. The van der Waals surface area contributed by atoms with Gasteiger partial charge in [0.15, 0.2) is 22.7 Å². The van der Waals surface area contributed by atoms with Crippen molar-refractivity contribution in [3.05, 3.63) is 248 Å². The van der Waals surface area contributed by atoms with Crippen LogP contribution in [0, 0.1) is 23.7 Å². The molecule has 4 aliphatic heterocycles. The molecule has 14 N–H and O–H groups in total. The van der Waals surface area contributed by atoms with E-state index in [0.717, 1.165) is 64.7 Å². The maximum absolute atomic E-state index is 13.7. The summed E-state index contributed by atoms with van der Waals surface area (Å²) in [5.41, 5.74) is 12.5. The van der Waals surface area contributed by atoms with Gasteiger partial charge in [0.25, 0.3) is 11.8 Å². The van der Waals surface area contributed by atoms with Crippen molar-refractivity contribution in [2.75, 3.05) is 34.4 Å². The summed E-state index contributed by atoms with van der Waals surface area (Å²) in [6.07, 6.45) is -0.267. The van der Waals surface area contributed by atoms with Crippen LogP contribution in [-0.2, 0) is 63.2 Å². The number of fused-ring (bicyclic) bond motifs is 8. The third-order valence-corrected chi connectivity index (χ3v) is 21.9. The fourth-order valence-electron chi connectivity index (χ4n) is 13.2. The highest BCUT2D eigenvalue weighted by Gasteiger charge is 2.36. The van der Waals surface area contributed by atoms with E-state index in [0.29, 0.717) is 22.5 Å². The van der Waals surface area contributed by atoms with Gasteiger partial charge in [-0.05, 0) is 125 Å². The maximum atomic E-state index is 13.7. The van der Waals surface area contributed by atoms with E-state index in [1.165, 1.54) is 42.5 Å². The van der Waals surface area contributed by atoms with Gasteiger partial charge in [0, 0.05) is 104 Å². The maximum Gasteiger partial charge on any atom is 0.336 e. The number of nitrogen functional groups attached to an aromatic ring is 2. The van der Waals surface area contributed by atoms with Crippen LogP contribution in [-0.4, -0.2) is 111 Å². The average Bonchev–Trinajstić information content (AvgIpc) is 0.724. The molecule has 8 aromatic rings. The molecular weight excluding hydrogens is 1530 g/mol. The van der Waals surface area contributed by atoms with E-state index >= 15 is 0 Å². The normalized spacial score (nSPS) is 12.5. The summed E-state index contributed by atoms with van der Waals surface area (Å²) in [6.45, 7) is 0.195. The zero-order chi connectivity index (χ0) is 80.2. The number of para-hydroxylation sites is 2. The first kappa shape index (κ1) is 76.5. The molecule has 4 amide bonds. The predicted octanol–water partition coefficient (Wildman–Crippen LogP) is 4.72. The van der Waals surface area contributed by atoms with Crippen LogP contribution in [0.25, 0.3) is 66.8 Å². The number of amides is 4. The zero-order valence-electron chi connectivity index (χ0n) is 57.5. The van der Waals surface area contributed by atoms with Crippen molar-refractivity contribution in [1.82, 2.24) is 10.6 Å². The van der Waals surface area contributed by atoms with Crippen LogP contribution < -0.4 is 53.4 Å². The van der Waals surface area contributed by atoms with Crippen LogP contribution in [0.4, 0.5) is 22.7 Å². The smallest absolute Gasteiger partial charge is 0.336 e. The van der Waals surface area contributed by atoms with Crippen LogP contribution in [0.3, 0.4) is 0 Å². The number of hydrogen-bond acceptors (Lipinski definition) is 20. The molecule has 34 heteroatoms. The first-order valence-electron chi connectivity index (χ1n) is 33.1. The topological polar surface area (TPSA) is 526 Å². The number of carbonyl (C=O) groups is 6. The van der Waals surface area contributed by atoms with Gasteiger partial charge in [-0.25, -0.2) is 26.4 Å². The number of benzene rings is 10. The number of anilines is 4. The highest BCUT2D eigenvalue weighted by atomic mass is 32.2. The number of carbonyl (C=O) groups excluding carboxylic acids is 4. The van der Waals surface area contributed by atoms with Gasteiger partial charge in [0.2, 0.25) is 32.3 Å². The number of nitrogens with zero attached hydrogens (tertiary/aromatic N) is 2. The van der Waals surface area contributed by atoms with Crippen LogP contribution >= 0.6 is 0 Å². The molecule has 6 aliphatic rings. The number of nitrogens with two attached hydrogens (primary N) is 4. The van der Waals surface area contributed by atoms with Gasteiger partial charge in [-0.15, -0.1) is 0 Å². The molecule has 4 heterocycles. The predicted molar refractivity (Wildman–Crippen MR) is 399 cm³/mol. The van der Waals surface area contributed by atoms with E-state index in [4.69, 9.17) is 31.1 Å². The van der Waals surface area contributed by atoms with E-state index in [1.807, 2.05) is 60.7 Å². The first-order chi connectivity index (χ1) is 53.1. The largest absolute Gasteiger partial charge is 0.744 e. The van der Waals surface area contributed by atoms with Crippen LogP contribution in [0.2, 0.25) is 0 Å². The Hall–Kier alpha value is -13.7. The first-order valence-corrected chi connectivity index (χ1v) is 38.8. The number of rotatable bonds is 16. The van der Waals surface area contributed by atoms with Gasteiger partial charge in [0.05, 0.1) is 47.0 Å². The summed E-state index contributed by atoms with van der Waals surface area (Å²) in [6, 6.07) is 45.5. The summed E-state index contributed by atoms with van der Waals surface area (Å²) >= 11 is 0. The Morgan fingerprint density at radius 2 is 0.821 bits per heavy atom. The number of aromatic carboxylic acids is 2. The van der Waals surface area contributed by atoms with Crippen LogP contribution in [0.1, 0.15) is 87.7 Å². The molecule has 0 bridgehead atoms. The second-order valence-electron chi connectivity index (χ2n) is 25.2. The summed E-state index contributed by atoms with van der Waals surface area (Å²) < 4.78 is 156. The van der Waals surface area contributed by atoms with Crippen molar-refractivity contribution in [1.29, 1.82) is 0 Å². The standard InChI is InChI=1S/2C39H28N4O11S2/c40-29-15-13-26-33(27-14-16-30(41)37(56(51,52)53)35(27)54-34(26)36(29)55(48,49)50)28-19-23(11-12-25(28)39(46)47)38(45)42-18-17-32(44)43-20-24-7-2-1-5-21(24)9-10-22-6-3-4-8-31(22)43;40-29-15-13-26-33(27-14-16-30(41)37(56(51,52)53)35(27)54-34(26)36(29)55(48,49)50)25-12-11-23(19-28(25)39(46)47)38(45)42-18-17-32(44)43-20-24-7-2-1-5-21(24)9-10-22-6-3-4-8-31(22)43/h2*1-8,11-16,19,40H,17-18,20,41H2,(H,42,45)(H,46,47)(H,48,49,50)(H,51,52,53). The van der Waals surface area contributed by atoms with Crippen molar-refractivity contribution < 1.29 is 111 Å². The van der Waals surface area contributed by atoms with Gasteiger partial charge in [-0.3, -0.25) is 39.1 Å². The number of carboxylic acids is 2. The number of hydrogen-bond donors (Lipinski definition) is 10. The molecule has 0 spiro atoms. The molecule has 0 saturated heterocycles. The molecule has 0 fully saturated rings. The fraction of sp³-hybridized carbons (Fsp3) is 0.0769. The minimum Gasteiger partial charge on any atom is -0.744 e. The average molecular weight is 1590 g/mol. The third-order valence-electron chi connectivity index (χ3n) is 18.2. The Balaban J connectivity index is 0.000000196. The van der Waals surface area contributed by atoms with Crippen molar-refractivity contribution in [3.8, 4) is 68.6 Å². The monoisotopic (exact) mass is 1580 g/mol. The van der Waals surface area contributed by atoms with Crippen LogP contribution in [0.5, 0.6) is 0 Å². The Bertz CT molecular complexity index is 6820. The quantitative estimate of drug-likeness (QED) is 0.0271. The lowest BCUT2D eigenvalue weighted by Gasteiger charge is -2.26. The SMILES string of the molecule is Nc1ccc2c(-c3cc(C(=O)NCCC(=O)N4Cc5ccccc5C#Cc5ccccc54)ccc3C(=O)O)c3ccc(=[NH2+])c(S(=O)(=O)O)c-3oc2c1S(=O)(=O)[O-].Nc1ccc2c(-c3ccc(C(=O)NCCC(=O)N4Cc5ccccc5C#Cc5ccccc54)cc3C(=O)O)c3ccc(=[NH2+])c(S(=O)(=O)O)c-3oc2c1S(=O)(=O)[O-]. The lowest BCUT2D eigenvalue weighted by Crippen LogP contribution is -2.47. The summed E-state index contributed by atoms with van der Waals surface area (Å²) in [5.74, 6) is 5.96. The minimum absolute atomic E-state index is 0.113. The molecule has 8 aromatic carbocycles. The molecule has 0 atom stereocenters. The molecule has 112 heavy (non-hydrogen) atoms. The molecule has 0 unspecified atom stereocenters. The van der Waals surface area contributed by atoms with Gasteiger partial charge in [0.1, 0.15) is 30.0 Å². The van der Waals surface area contributed by atoms with Crippen molar-refractivity contribution >= 4 is 121 Å². The molecule has 2 aliphatic carbocycles. The Morgan fingerprint density at radius 3 is 1.24 bits per heavy atom.